The van der Waals surface area contributed by atoms with Crippen molar-refractivity contribution in [1.29, 1.82) is 0 Å². The minimum atomic E-state index is 0.0599. The number of carbonyl (C=O) groups excluding carboxylic acids is 2. The van der Waals surface area contributed by atoms with Crippen molar-refractivity contribution < 1.29 is 9.59 Å². The number of carbonyl (C=O) groups is 2. The third-order valence-corrected chi connectivity index (χ3v) is 1.96. The summed E-state index contributed by atoms with van der Waals surface area (Å²) in [6, 6.07) is 0. The molecule has 2 heteroatoms. The van der Waals surface area contributed by atoms with Gasteiger partial charge in [-0.15, -0.1) is 0 Å². The predicted molar refractivity (Wildman–Crippen MR) is 62.8 cm³/mol. The minimum Gasteiger partial charge on any atom is -0.300 e. The van der Waals surface area contributed by atoms with Gasteiger partial charge in [-0.05, 0) is 24.8 Å². The van der Waals surface area contributed by atoms with E-state index in [4.69, 9.17) is 0 Å². The third-order valence-electron chi connectivity index (χ3n) is 1.96. The van der Waals surface area contributed by atoms with E-state index in [-0.39, 0.29) is 17.0 Å². The summed E-state index contributed by atoms with van der Waals surface area (Å²) in [6.45, 7) is 7.98. The van der Waals surface area contributed by atoms with Gasteiger partial charge in [-0.3, -0.25) is 9.59 Å². The molecule has 86 valence electrons. The Kier molecular flexibility index (Phi) is 6.14. The average Bonchev–Trinajstić information content (AvgIpc) is 2.00. The molecule has 0 N–H and O–H groups in total. The lowest BCUT2D eigenvalue weighted by molar-refractivity contribution is -0.121. The summed E-state index contributed by atoms with van der Waals surface area (Å²) in [6.07, 6.45) is 5.59. The van der Waals surface area contributed by atoms with E-state index in [0.717, 1.165) is 0 Å². The highest BCUT2D eigenvalue weighted by Crippen LogP contribution is 2.20. The van der Waals surface area contributed by atoms with Gasteiger partial charge < -0.3 is 0 Å². The van der Waals surface area contributed by atoms with Crippen LogP contribution in [-0.2, 0) is 9.59 Å². The van der Waals surface area contributed by atoms with Crippen LogP contribution in [0.25, 0.3) is 0 Å². The Bertz CT molecular complexity index is 244. The molecule has 2 nitrogen and oxygen atoms in total. The second-order valence-corrected chi connectivity index (χ2v) is 5.10. The van der Waals surface area contributed by atoms with Crippen LogP contribution in [0.15, 0.2) is 12.2 Å². The monoisotopic (exact) mass is 210 g/mol. The van der Waals surface area contributed by atoms with Crippen molar-refractivity contribution in [3.05, 3.63) is 12.2 Å². The standard InChI is InChI=1S/C13H22O2/c1-5-7-11(14)8-6-9-12(15)10-13(2,3)4/h5,7H,6,8-10H2,1-4H3/b7-5+. The first-order chi connectivity index (χ1) is 6.85. The maximum atomic E-state index is 11.5. The fourth-order valence-electron chi connectivity index (χ4n) is 1.41. The molecule has 0 radical (unpaired) electrons. The highest BCUT2D eigenvalue weighted by atomic mass is 16.1. The summed E-state index contributed by atoms with van der Waals surface area (Å²) in [5.41, 5.74) is 0.0599. The van der Waals surface area contributed by atoms with Crippen molar-refractivity contribution in [2.75, 3.05) is 0 Å². The molecular formula is C13H22O2. The lowest BCUT2D eigenvalue weighted by atomic mass is 9.88. The van der Waals surface area contributed by atoms with E-state index >= 15 is 0 Å². The van der Waals surface area contributed by atoms with Gasteiger partial charge >= 0.3 is 0 Å². The summed E-state index contributed by atoms with van der Waals surface area (Å²) in [4.78, 5) is 22.6. The fourth-order valence-corrected chi connectivity index (χ4v) is 1.41. The van der Waals surface area contributed by atoms with Crippen LogP contribution in [-0.4, -0.2) is 11.6 Å². The van der Waals surface area contributed by atoms with Crippen LogP contribution in [0.4, 0.5) is 0 Å². The summed E-state index contributed by atoms with van der Waals surface area (Å²) >= 11 is 0. The zero-order valence-electron chi connectivity index (χ0n) is 10.3. The second-order valence-electron chi connectivity index (χ2n) is 5.10. The lowest BCUT2D eigenvalue weighted by Gasteiger charge is -2.16. The molecule has 15 heavy (non-hydrogen) atoms. The molecule has 0 atom stereocenters. The quantitative estimate of drug-likeness (QED) is 0.630. The summed E-state index contributed by atoms with van der Waals surface area (Å²) in [5.74, 6) is 0.372. The number of Topliss-reactive ketones (excluding diaryl/α,β-unsaturated/α-hetero) is 1. The van der Waals surface area contributed by atoms with Gasteiger partial charge in [0.1, 0.15) is 5.78 Å². The van der Waals surface area contributed by atoms with Gasteiger partial charge in [0.15, 0.2) is 5.78 Å². The van der Waals surface area contributed by atoms with Gasteiger partial charge in [-0.1, -0.05) is 26.8 Å². The second kappa shape index (κ2) is 6.54. The molecule has 0 aromatic rings. The Morgan fingerprint density at radius 2 is 1.73 bits per heavy atom. The Morgan fingerprint density at radius 3 is 2.20 bits per heavy atom. The van der Waals surface area contributed by atoms with E-state index < -0.39 is 0 Å². The van der Waals surface area contributed by atoms with Crippen LogP contribution in [0, 0.1) is 5.41 Å². The molecule has 0 aromatic heterocycles. The van der Waals surface area contributed by atoms with Crippen LogP contribution >= 0.6 is 0 Å². The van der Waals surface area contributed by atoms with E-state index in [1.807, 2.05) is 6.92 Å². The molecule has 0 unspecified atom stereocenters. The van der Waals surface area contributed by atoms with Crippen molar-refractivity contribution in [1.82, 2.24) is 0 Å². The fraction of sp³-hybridized carbons (Fsp3) is 0.692. The van der Waals surface area contributed by atoms with Crippen LogP contribution in [0.5, 0.6) is 0 Å². The van der Waals surface area contributed by atoms with E-state index in [9.17, 15) is 9.59 Å². The maximum Gasteiger partial charge on any atom is 0.155 e. The molecule has 0 aromatic carbocycles. The minimum absolute atomic E-state index is 0.0599. The first-order valence-corrected chi connectivity index (χ1v) is 5.52. The topological polar surface area (TPSA) is 34.1 Å². The summed E-state index contributed by atoms with van der Waals surface area (Å²) in [5, 5.41) is 0. The Labute approximate surface area is 92.8 Å². The van der Waals surface area contributed by atoms with E-state index in [2.05, 4.69) is 20.8 Å². The third kappa shape index (κ3) is 9.39. The zero-order chi connectivity index (χ0) is 11.9. The van der Waals surface area contributed by atoms with Crippen LogP contribution < -0.4 is 0 Å². The van der Waals surface area contributed by atoms with Gasteiger partial charge in [0.25, 0.3) is 0 Å². The molecule has 0 spiro atoms. The highest BCUT2D eigenvalue weighted by molar-refractivity contribution is 5.90. The molecule has 0 bridgehead atoms. The van der Waals surface area contributed by atoms with Crippen LogP contribution in [0.3, 0.4) is 0 Å². The maximum absolute atomic E-state index is 11.5. The van der Waals surface area contributed by atoms with Crippen molar-refractivity contribution in [3.63, 3.8) is 0 Å². The zero-order valence-corrected chi connectivity index (χ0v) is 10.3. The van der Waals surface area contributed by atoms with E-state index in [1.165, 1.54) is 0 Å². The molecule has 0 amide bonds. The molecule has 0 aliphatic rings. The SMILES string of the molecule is C/C=C/C(=O)CCCC(=O)CC(C)(C)C. The molecular weight excluding hydrogens is 188 g/mol. The molecule has 0 heterocycles. The number of ketones is 2. The van der Waals surface area contributed by atoms with Crippen molar-refractivity contribution >= 4 is 11.6 Å². The summed E-state index contributed by atoms with van der Waals surface area (Å²) in [7, 11) is 0. The van der Waals surface area contributed by atoms with E-state index in [0.29, 0.717) is 25.7 Å². The smallest absolute Gasteiger partial charge is 0.155 e. The molecule has 0 saturated heterocycles. The Balaban J connectivity index is 3.69. The average molecular weight is 210 g/mol. The molecule has 0 aliphatic carbocycles. The first kappa shape index (κ1) is 14.1. The van der Waals surface area contributed by atoms with Crippen molar-refractivity contribution in [2.24, 2.45) is 5.41 Å². The van der Waals surface area contributed by atoms with Gasteiger partial charge in [0.05, 0.1) is 0 Å². The predicted octanol–water partition coefficient (Wildman–Crippen LogP) is 3.31. The Morgan fingerprint density at radius 1 is 1.13 bits per heavy atom. The molecule has 0 fully saturated rings. The summed E-state index contributed by atoms with van der Waals surface area (Å²) < 4.78 is 0. The van der Waals surface area contributed by atoms with Crippen molar-refractivity contribution in [3.8, 4) is 0 Å². The Hall–Kier alpha value is -0.920. The van der Waals surface area contributed by atoms with Crippen LogP contribution in [0.1, 0.15) is 53.4 Å². The highest BCUT2D eigenvalue weighted by Gasteiger charge is 2.15. The first-order valence-electron chi connectivity index (χ1n) is 5.52. The molecule has 0 rings (SSSR count). The van der Waals surface area contributed by atoms with Gasteiger partial charge in [0, 0.05) is 19.3 Å². The van der Waals surface area contributed by atoms with Crippen LogP contribution in [0.2, 0.25) is 0 Å². The van der Waals surface area contributed by atoms with Gasteiger partial charge in [-0.2, -0.15) is 0 Å². The van der Waals surface area contributed by atoms with E-state index in [1.54, 1.807) is 12.2 Å². The van der Waals surface area contributed by atoms with Gasteiger partial charge in [-0.25, -0.2) is 0 Å². The largest absolute Gasteiger partial charge is 0.300 e. The number of hydrogen-bond acceptors (Lipinski definition) is 2. The van der Waals surface area contributed by atoms with Crippen molar-refractivity contribution in [2.45, 2.75) is 53.4 Å². The normalized spacial score (nSPS) is 12.0. The molecule has 0 saturated carbocycles. The number of hydrogen-bond donors (Lipinski definition) is 0. The number of rotatable bonds is 6. The molecule has 0 aliphatic heterocycles. The lowest BCUT2D eigenvalue weighted by Crippen LogP contribution is -2.12. The number of allylic oxidation sites excluding steroid dienone is 2. The van der Waals surface area contributed by atoms with Gasteiger partial charge in [0.2, 0.25) is 0 Å².